The van der Waals surface area contributed by atoms with E-state index < -0.39 is 24.8 Å². The van der Waals surface area contributed by atoms with E-state index in [0.717, 1.165) is 0 Å². The smallest absolute Gasteiger partial charge is 0.393 e. The molecule has 0 aliphatic rings. The minimum atomic E-state index is -4.74. The zero-order valence-corrected chi connectivity index (χ0v) is 6.15. The van der Waals surface area contributed by atoms with Gasteiger partial charge in [0.2, 0.25) is 0 Å². The van der Waals surface area contributed by atoms with Crippen molar-refractivity contribution in [3.8, 4) is 0 Å². The van der Waals surface area contributed by atoms with Crippen LogP contribution in [0.25, 0.3) is 0 Å². The summed E-state index contributed by atoms with van der Waals surface area (Å²) < 4.78 is 35.6. The van der Waals surface area contributed by atoms with Gasteiger partial charge in [0.25, 0.3) is 0 Å². The van der Waals surface area contributed by atoms with Crippen LogP contribution in [0.15, 0.2) is 0 Å². The largest absolute Gasteiger partial charge is 0.419 e. The van der Waals surface area contributed by atoms with Crippen molar-refractivity contribution in [2.24, 2.45) is 0 Å². The Kier molecular flexibility index (Phi) is 3.31. The lowest BCUT2D eigenvalue weighted by atomic mass is 9.99. The van der Waals surface area contributed by atoms with E-state index in [4.69, 9.17) is 10.2 Å². The summed E-state index contributed by atoms with van der Waals surface area (Å²) >= 11 is 0. The zero-order chi connectivity index (χ0) is 9.12. The van der Waals surface area contributed by atoms with Gasteiger partial charge in [-0.2, -0.15) is 13.2 Å². The van der Waals surface area contributed by atoms with Gasteiger partial charge in [-0.05, 0) is 6.42 Å². The van der Waals surface area contributed by atoms with Gasteiger partial charge in [-0.25, -0.2) is 0 Å². The van der Waals surface area contributed by atoms with Crippen LogP contribution in [0.5, 0.6) is 0 Å². The molecule has 68 valence electrons. The second kappa shape index (κ2) is 3.40. The monoisotopic (exact) mass is 172 g/mol. The fourth-order valence-corrected chi connectivity index (χ4v) is 0.724. The zero-order valence-electron chi connectivity index (χ0n) is 6.15. The molecular weight excluding hydrogens is 161 g/mol. The van der Waals surface area contributed by atoms with Crippen LogP contribution in [0.4, 0.5) is 13.2 Å². The SMILES string of the molecule is CCCC(O)(CO)C(F)(F)F. The van der Waals surface area contributed by atoms with Crippen LogP contribution < -0.4 is 0 Å². The molecule has 0 fully saturated rings. The lowest BCUT2D eigenvalue weighted by molar-refractivity contribution is -0.273. The number of hydrogen-bond donors (Lipinski definition) is 2. The first-order valence-corrected chi connectivity index (χ1v) is 3.27. The van der Waals surface area contributed by atoms with Gasteiger partial charge in [-0.15, -0.1) is 0 Å². The standard InChI is InChI=1S/C6H11F3O2/c1-2-3-5(11,4-10)6(7,8)9/h10-11H,2-4H2,1H3. The van der Waals surface area contributed by atoms with E-state index in [0.29, 0.717) is 0 Å². The molecule has 5 heteroatoms. The van der Waals surface area contributed by atoms with Crippen molar-refractivity contribution in [1.82, 2.24) is 0 Å². The van der Waals surface area contributed by atoms with Gasteiger partial charge in [0.1, 0.15) is 0 Å². The minimum Gasteiger partial charge on any atom is -0.393 e. The molecule has 1 atom stereocenters. The topological polar surface area (TPSA) is 40.5 Å². The van der Waals surface area contributed by atoms with Gasteiger partial charge >= 0.3 is 6.18 Å². The van der Waals surface area contributed by atoms with Crippen molar-refractivity contribution in [3.05, 3.63) is 0 Å². The molecule has 0 saturated carbocycles. The molecule has 0 saturated heterocycles. The molecule has 2 nitrogen and oxygen atoms in total. The third kappa shape index (κ3) is 2.34. The van der Waals surface area contributed by atoms with Crippen LogP contribution in [-0.2, 0) is 0 Å². The molecule has 0 aromatic carbocycles. The van der Waals surface area contributed by atoms with Gasteiger partial charge in [0.15, 0.2) is 5.60 Å². The van der Waals surface area contributed by atoms with Crippen molar-refractivity contribution >= 4 is 0 Å². The number of alkyl halides is 3. The molecule has 0 bridgehead atoms. The average molecular weight is 172 g/mol. The molecule has 0 aliphatic heterocycles. The third-order valence-corrected chi connectivity index (χ3v) is 1.45. The highest BCUT2D eigenvalue weighted by Gasteiger charge is 2.52. The Labute approximate surface area is 62.6 Å². The molecule has 0 radical (unpaired) electrons. The van der Waals surface area contributed by atoms with Crippen LogP contribution in [-0.4, -0.2) is 28.6 Å². The van der Waals surface area contributed by atoms with E-state index in [-0.39, 0.29) is 6.42 Å². The van der Waals surface area contributed by atoms with Crippen molar-refractivity contribution in [1.29, 1.82) is 0 Å². The molecular formula is C6H11F3O2. The number of hydrogen-bond acceptors (Lipinski definition) is 2. The average Bonchev–Trinajstić information content (AvgIpc) is 1.86. The van der Waals surface area contributed by atoms with Crippen LogP contribution in [0, 0.1) is 0 Å². The number of halogens is 3. The first-order valence-electron chi connectivity index (χ1n) is 3.27. The fraction of sp³-hybridized carbons (Fsp3) is 1.00. The predicted octanol–water partition coefficient (Wildman–Crippen LogP) is 1.07. The first kappa shape index (κ1) is 10.7. The molecule has 0 heterocycles. The van der Waals surface area contributed by atoms with Gasteiger partial charge in [0.05, 0.1) is 6.61 Å². The summed E-state index contributed by atoms with van der Waals surface area (Å²) in [6, 6.07) is 0. The minimum absolute atomic E-state index is 0.177. The summed E-state index contributed by atoms with van der Waals surface area (Å²) in [5.74, 6) is 0. The van der Waals surface area contributed by atoms with Crippen molar-refractivity contribution in [2.45, 2.75) is 31.5 Å². The Morgan fingerprint density at radius 2 is 1.73 bits per heavy atom. The third-order valence-electron chi connectivity index (χ3n) is 1.45. The first-order chi connectivity index (χ1) is 4.87. The van der Waals surface area contributed by atoms with Crippen molar-refractivity contribution in [3.63, 3.8) is 0 Å². The normalized spacial score (nSPS) is 18.0. The maximum atomic E-state index is 11.9. The van der Waals surface area contributed by atoms with E-state index in [9.17, 15) is 13.2 Å². The molecule has 2 N–H and O–H groups in total. The van der Waals surface area contributed by atoms with E-state index in [1.807, 2.05) is 0 Å². The van der Waals surface area contributed by atoms with Gasteiger partial charge in [-0.1, -0.05) is 13.3 Å². The summed E-state index contributed by atoms with van der Waals surface area (Å²) in [7, 11) is 0. The maximum Gasteiger partial charge on any atom is 0.419 e. The maximum absolute atomic E-state index is 11.9. The van der Waals surface area contributed by atoms with Gasteiger partial charge in [-0.3, -0.25) is 0 Å². The summed E-state index contributed by atoms with van der Waals surface area (Å²) in [5.41, 5.74) is -2.91. The Hall–Kier alpha value is -0.290. The quantitative estimate of drug-likeness (QED) is 0.668. The Bertz CT molecular complexity index is 123. The Balaban J connectivity index is 4.33. The Morgan fingerprint density at radius 3 is 1.82 bits per heavy atom. The van der Waals surface area contributed by atoms with E-state index in [1.54, 1.807) is 0 Å². The lowest BCUT2D eigenvalue weighted by Crippen LogP contribution is -2.48. The summed E-state index contributed by atoms with van der Waals surface area (Å²) in [6.45, 7) is 0.233. The molecule has 1 unspecified atom stereocenters. The molecule has 11 heavy (non-hydrogen) atoms. The second-order valence-electron chi connectivity index (χ2n) is 2.44. The highest BCUT2D eigenvalue weighted by molar-refractivity contribution is 4.84. The van der Waals surface area contributed by atoms with E-state index in [2.05, 4.69) is 0 Å². The number of aliphatic hydroxyl groups is 2. The van der Waals surface area contributed by atoms with Crippen molar-refractivity contribution < 1.29 is 23.4 Å². The van der Waals surface area contributed by atoms with Crippen LogP contribution >= 0.6 is 0 Å². The summed E-state index contributed by atoms with van der Waals surface area (Å²) in [5, 5.41) is 17.1. The number of aliphatic hydroxyl groups excluding tert-OH is 1. The highest BCUT2D eigenvalue weighted by Crippen LogP contribution is 2.33. The van der Waals surface area contributed by atoms with Crippen LogP contribution in [0.2, 0.25) is 0 Å². The van der Waals surface area contributed by atoms with Gasteiger partial charge in [0, 0.05) is 0 Å². The molecule has 0 amide bonds. The Morgan fingerprint density at radius 1 is 1.27 bits per heavy atom. The highest BCUT2D eigenvalue weighted by atomic mass is 19.4. The van der Waals surface area contributed by atoms with Crippen LogP contribution in [0.3, 0.4) is 0 Å². The predicted molar refractivity (Wildman–Crippen MR) is 33.0 cm³/mol. The summed E-state index contributed by atoms with van der Waals surface area (Å²) in [4.78, 5) is 0. The molecule has 0 aromatic rings. The molecule has 0 spiro atoms. The van der Waals surface area contributed by atoms with E-state index >= 15 is 0 Å². The fourth-order valence-electron chi connectivity index (χ4n) is 0.724. The van der Waals surface area contributed by atoms with Crippen molar-refractivity contribution in [2.75, 3.05) is 6.61 Å². The van der Waals surface area contributed by atoms with E-state index in [1.165, 1.54) is 6.92 Å². The molecule has 0 rings (SSSR count). The van der Waals surface area contributed by atoms with Crippen LogP contribution in [0.1, 0.15) is 19.8 Å². The lowest BCUT2D eigenvalue weighted by Gasteiger charge is -2.27. The second-order valence-corrected chi connectivity index (χ2v) is 2.44. The number of rotatable bonds is 3. The summed E-state index contributed by atoms with van der Waals surface area (Å²) in [6.07, 6.45) is -5.03. The van der Waals surface area contributed by atoms with Gasteiger partial charge < -0.3 is 10.2 Å². The molecule has 0 aromatic heterocycles. The molecule has 0 aliphatic carbocycles.